The first-order valence-electron chi connectivity index (χ1n) is 7.76. The summed E-state index contributed by atoms with van der Waals surface area (Å²) in [6.07, 6.45) is 6.90. The lowest BCUT2D eigenvalue weighted by Gasteiger charge is -2.60. The number of aliphatic hydroxyl groups is 1. The van der Waals surface area contributed by atoms with Gasteiger partial charge in [0.25, 0.3) is 0 Å². The predicted molar refractivity (Wildman–Crippen MR) is 74.1 cm³/mol. The summed E-state index contributed by atoms with van der Waals surface area (Å²) in [6.45, 7) is 0. The molecule has 2 saturated carbocycles. The first-order valence-corrected chi connectivity index (χ1v) is 7.76. The van der Waals surface area contributed by atoms with Crippen molar-refractivity contribution in [2.24, 2.45) is 17.8 Å². The molecule has 1 heterocycles. The molecule has 1 N–H and O–H groups in total. The summed E-state index contributed by atoms with van der Waals surface area (Å²) < 4.78 is 5.45. The van der Waals surface area contributed by atoms with Crippen molar-refractivity contribution in [3.63, 3.8) is 0 Å². The van der Waals surface area contributed by atoms with Crippen molar-refractivity contribution in [2.75, 3.05) is 0 Å². The average Bonchev–Trinajstić information content (AvgIpc) is 2.40. The van der Waals surface area contributed by atoms with E-state index in [0.717, 1.165) is 24.8 Å². The molecule has 4 rings (SSSR count). The molecule has 2 aliphatic carbocycles. The lowest BCUT2D eigenvalue weighted by Crippen LogP contribution is -2.65. The van der Waals surface area contributed by atoms with Crippen LogP contribution in [0.25, 0.3) is 0 Å². The summed E-state index contributed by atoms with van der Waals surface area (Å²) in [4.78, 5) is 12.3. The molecule has 0 unspecified atom stereocenters. The highest BCUT2D eigenvalue weighted by molar-refractivity contribution is 5.82. The summed E-state index contributed by atoms with van der Waals surface area (Å²) >= 11 is 0. The first-order chi connectivity index (χ1) is 9.73. The van der Waals surface area contributed by atoms with Gasteiger partial charge in [0.05, 0.1) is 5.92 Å². The number of carbonyl (C=O) groups excluding carboxylic acids is 1. The zero-order chi connectivity index (χ0) is 13.7. The fourth-order valence-corrected chi connectivity index (χ4v) is 4.68. The second-order valence-corrected chi connectivity index (χ2v) is 6.48. The van der Waals surface area contributed by atoms with Gasteiger partial charge in [0.1, 0.15) is 11.4 Å². The first kappa shape index (κ1) is 12.4. The molecule has 3 heteroatoms. The van der Waals surface area contributed by atoms with Crippen molar-refractivity contribution in [3.8, 4) is 5.75 Å². The van der Waals surface area contributed by atoms with Crippen molar-refractivity contribution in [2.45, 2.75) is 44.1 Å². The standard InChI is InChI=1S/C17H20O3/c18-16-15-11-7-3-1-2-4-8-12(11)17(15,19)13-9-5-6-10-14(13)20-16/h5-6,9-12,15,19H,1-4,7-8H2/t11-,12-,15+,17-/m0/s1. The van der Waals surface area contributed by atoms with E-state index < -0.39 is 5.60 Å². The van der Waals surface area contributed by atoms with Crippen LogP contribution in [0.5, 0.6) is 5.75 Å². The molecular weight excluding hydrogens is 252 g/mol. The summed E-state index contributed by atoms with van der Waals surface area (Å²) in [6, 6.07) is 7.48. The molecule has 0 bridgehead atoms. The average molecular weight is 272 g/mol. The van der Waals surface area contributed by atoms with Crippen LogP contribution < -0.4 is 4.74 Å². The zero-order valence-corrected chi connectivity index (χ0v) is 11.5. The van der Waals surface area contributed by atoms with Crippen molar-refractivity contribution in [1.82, 2.24) is 0 Å². The SMILES string of the molecule is O=C1Oc2ccccc2[C@@]2(O)[C@H]3CCCCCC[C@@H]3[C@H]12. The molecule has 3 nitrogen and oxygen atoms in total. The largest absolute Gasteiger partial charge is 0.426 e. The molecule has 4 atom stereocenters. The van der Waals surface area contributed by atoms with Crippen molar-refractivity contribution < 1.29 is 14.6 Å². The number of rotatable bonds is 0. The number of hydrogen-bond donors (Lipinski definition) is 1. The minimum atomic E-state index is -0.978. The molecule has 0 saturated heterocycles. The van der Waals surface area contributed by atoms with Crippen LogP contribution >= 0.6 is 0 Å². The highest BCUT2D eigenvalue weighted by Gasteiger charge is 2.67. The predicted octanol–water partition coefficient (Wildman–Crippen LogP) is 3.01. The highest BCUT2D eigenvalue weighted by Crippen LogP contribution is 2.63. The van der Waals surface area contributed by atoms with Crippen LogP contribution in [0.15, 0.2) is 24.3 Å². The molecule has 1 aromatic carbocycles. The van der Waals surface area contributed by atoms with E-state index in [0.29, 0.717) is 11.7 Å². The Balaban J connectivity index is 1.78. The number of benzene rings is 1. The summed E-state index contributed by atoms with van der Waals surface area (Å²) in [5.74, 6) is 0.508. The van der Waals surface area contributed by atoms with Gasteiger partial charge in [-0.25, -0.2) is 0 Å². The summed E-state index contributed by atoms with van der Waals surface area (Å²) in [7, 11) is 0. The van der Waals surface area contributed by atoms with Crippen LogP contribution in [0.2, 0.25) is 0 Å². The van der Waals surface area contributed by atoms with Crippen LogP contribution in [-0.2, 0) is 10.4 Å². The van der Waals surface area contributed by atoms with E-state index in [4.69, 9.17) is 4.74 Å². The molecule has 0 amide bonds. The third-order valence-corrected chi connectivity index (χ3v) is 5.57. The van der Waals surface area contributed by atoms with Gasteiger partial charge < -0.3 is 9.84 Å². The molecule has 3 aliphatic rings. The number of carbonyl (C=O) groups is 1. The fraction of sp³-hybridized carbons (Fsp3) is 0.588. The number of hydrogen-bond acceptors (Lipinski definition) is 3. The van der Waals surface area contributed by atoms with E-state index in [1.165, 1.54) is 19.3 Å². The van der Waals surface area contributed by atoms with E-state index in [1.54, 1.807) is 6.07 Å². The van der Waals surface area contributed by atoms with Crippen LogP contribution in [0.1, 0.15) is 44.1 Å². The number of esters is 1. The van der Waals surface area contributed by atoms with Crippen LogP contribution in [-0.4, -0.2) is 11.1 Å². The summed E-state index contributed by atoms with van der Waals surface area (Å²) in [5, 5.41) is 11.3. The van der Waals surface area contributed by atoms with Crippen molar-refractivity contribution in [1.29, 1.82) is 0 Å². The van der Waals surface area contributed by atoms with Gasteiger partial charge in [0.2, 0.25) is 0 Å². The number of para-hydroxylation sites is 1. The van der Waals surface area contributed by atoms with E-state index in [9.17, 15) is 9.90 Å². The third-order valence-electron chi connectivity index (χ3n) is 5.57. The Labute approximate surface area is 118 Å². The second-order valence-electron chi connectivity index (χ2n) is 6.48. The van der Waals surface area contributed by atoms with Crippen molar-refractivity contribution >= 4 is 5.97 Å². The van der Waals surface area contributed by atoms with Gasteiger partial charge in [-0.05, 0) is 30.7 Å². The van der Waals surface area contributed by atoms with Gasteiger partial charge in [0, 0.05) is 5.56 Å². The van der Waals surface area contributed by atoms with Crippen LogP contribution in [0.3, 0.4) is 0 Å². The Kier molecular flexibility index (Phi) is 2.68. The Hall–Kier alpha value is -1.35. The Morgan fingerprint density at radius 2 is 1.85 bits per heavy atom. The van der Waals surface area contributed by atoms with Gasteiger partial charge in [0.15, 0.2) is 0 Å². The van der Waals surface area contributed by atoms with E-state index in [2.05, 4.69) is 0 Å². The Morgan fingerprint density at radius 3 is 2.70 bits per heavy atom. The topological polar surface area (TPSA) is 46.5 Å². The highest BCUT2D eigenvalue weighted by atomic mass is 16.5. The van der Waals surface area contributed by atoms with Crippen LogP contribution in [0.4, 0.5) is 0 Å². The molecule has 106 valence electrons. The lowest BCUT2D eigenvalue weighted by molar-refractivity contribution is -0.229. The molecule has 20 heavy (non-hydrogen) atoms. The van der Waals surface area contributed by atoms with E-state index in [1.807, 2.05) is 18.2 Å². The lowest BCUT2D eigenvalue weighted by atomic mass is 9.47. The number of fused-ring (bicyclic) bond motifs is 6. The molecule has 0 spiro atoms. The molecule has 1 aliphatic heterocycles. The normalized spacial score (nSPS) is 39.2. The maximum absolute atomic E-state index is 12.3. The minimum Gasteiger partial charge on any atom is -0.426 e. The maximum Gasteiger partial charge on any atom is 0.317 e. The molecule has 2 fully saturated rings. The third kappa shape index (κ3) is 1.47. The molecule has 0 radical (unpaired) electrons. The Morgan fingerprint density at radius 1 is 1.10 bits per heavy atom. The molecule has 1 aromatic rings. The van der Waals surface area contributed by atoms with Gasteiger partial charge in [-0.1, -0.05) is 43.9 Å². The molecular formula is C17H20O3. The minimum absolute atomic E-state index is 0.224. The summed E-state index contributed by atoms with van der Waals surface area (Å²) in [5.41, 5.74) is -0.153. The smallest absolute Gasteiger partial charge is 0.317 e. The van der Waals surface area contributed by atoms with Gasteiger partial charge in [-0.3, -0.25) is 4.79 Å². The van der Waals surface area contributed by atoms with Gasteiger partial charge >= 0.3 is 5.97 Å². The van der Waals surface area contributed by atoms with E-state index >= 15 is 0 Å². The van der Waals surface area contributed by atoms with Crippen LogP contribution in [0, 0.1) is 17.8 Å². The zero-order valence-electron chi connectivity index (χ0n) is 11.5. The number of ether oxygens (including phenoxy) is 1. The van der Waals surface area contributed by atoms with Gasteiger partial charge in [-0.2, -0.15) is 0 Å². The molecule has 0 aromatic heterocycles. The maximum atomic E-state index is 12.3. The Bertz CT molecular complexity index is 553. The fourth-order valence-electron chi connectivity index (χ4n) is 4.68. The van der Waals surface area contributed by atoms with E-state index in [-0.39, 0.29) is 17.8 Å². The van der Waals surface area contributed by atoms with Crippen molar-refractivity contribution in [3.05, 3.63) is 29.8 Å². The monoisotopic (exact) mass is 272 g/mol. The van der Waals surface area contributed by atoms with Gasteiger partial charge in [-0.15, -0.1) is 0 Å². The second kappa shape index (κ2) is 4.32. The quantitative estimate of drug-likeness (QED) is 0.583.